The van der Waals surface area contributed by atoms with Crippen LogP contribution in [0.25, 0.3) is 5.69 Å². The second kappa shape index (κ2) is 6.17. The lowest BCUT2D eigenvalue weighted by molar-refractivity contribution is 0.211. The molecule has 0 spiro atoms. The van der Waals surface area contributed by atoms with E-state index < -0.39 is 6.10 Å². The first-order valence-electron chi connectivity index (χ1n) is 6.39. The van der Waals surface area contributed by atoms with Crippen LogP contribution in [0.2, 0.25) is 5.02 Å². The van der Waals surface area contributed by atoms with E-state index in [-0.39, 0.29) is 0 Å². The van der Waals surface area contributed by atoms with E-state index in [1.165, 1.54) is 0 Å². The molecule has 0 aliphatic heterocycles. The minimum atomic E-state index is -0.779. The summed E-state index contributed by atoms with van der Waals surface area (Å²) in [6, 6.07) is 17.0. The van der Waals surface area contributed by atoms with Gasteiger partial charge in [0.25, 0.3) is 0 Å². The second-order valence-corrected chi connectivity index (χ2v) is 6.17. The van der Waals surface area contributed by atoms with Crippen molar-refractivity contribution in [2.75, 3.05) is 0 Å². The predicted octanol–water partition coefficient (Wildman–Crippen LogP) is 4.21. The molecule has 1 N–H and O–H groups in total. The Morgan fingerprint density at radius 2 is 1.86 bits per heavy atom. The molecular weight excluding hydrogens is 399 g/mol. The predicted molar refractivity (Wildman–Crippen MR) is 91.8 cm³/mol. The number of benzene rings is 2. The van der Waals surface area contributed by atoms with Crippen LogP contribution in [0.1, 0.15) is 17.4 Å². The lowest BCUT2D eigenvalue weighted by Gasteiger charge is -2.15. The standard InChI is InChI=1S/C16H12ClIN2O/c17-11-6-7-14(18)13(10-11)16(21)15-8-9-19-20(15)12-4-2-1-3-5-12/h1-10,16,21H. The highest BCUT2D eigenvalue weighted by molar-refractivity contribution is 14.1. The van der Waals surface area contributed by atoms with Crippen LogP contribution in [0.3, 0.4) is 0 Å². The van der Waals surface area contributed by atoms with Crippen molar-refractivity contribution in [3.63, 3.8) is 0 Å². The summed E-state index contributed by atoms with van der Waals surface area (Å²) >= 11 is 8.24. The number of aliphatic hydroxyl groups is 1. The van der Waals surface area contributed by atoms with Gasteiger partial charge in [0, 0.05) is 20.4 Å². The summed E-state index contributed by atoms with van der Waals surface area (Å²) in [5.74, 6) is 0. The van der Waals surface area contributed by atoms with Crippen molar-refractivity contribution < 1.29 is 5.11 Å². The summed E-state index contributed by atoms with van der Waals surface area (Å²) in [7, 11) is 0. The molecule has 1 atom stereocenters. The van der Waals surface area contributed by atoms with Crippen molar-refractivity contribution in [1.82, 2.24) is 9.78 Å². The van der Waals surface area contributed by atoms with Crippen LogP contribution in [0, 0.1) is 3.57 Å². The minimum absolute atomic E-state index is 0.607. The van der Waals surface area contributed by atoms with Crippen LogP contribution >= 0.6 is 34.2 Å². The van der Waals surface area contributed by atoms with Crippen molar-refractivity contribution in [3.8, 4) is 5.69 Å². The maximum atomic E-state index is 10.7. The molecule has 3 nitrogen and oxygen atoms in total. The zero-order valence-corrected chi connectivity index (χ0v) is 13.9. The molecule has 0 saturated carbocycles. The molecule has 0 amide bonds. The first kappa shape index (κ1) is 14.6. The summed E-state index contributed by atoms with van der Waals surface area (Å²) in [6.45, 7) is 0. The Kier molecular flexibility index (Phi) is 4.28. The van der Waals surface area contributed by atoms with E-state index >= 15 is 0 Å². The third-order valence-corrected chi connectivity index (χ3v) is 4.42. The molecule has 0 radical (unpaired) electrons. The van der Waals surface area contributed by atoms with E-state index in [0.717, 1.165) is 14.8 Å². The van der Waals surface area contributed by atoms with Gasteiger partial charge in [-0.25, -0.2) is 4.68 Å². The number of para-hydroxylation sites is 1. The topological polar surface area (TPSA) is 38.1 Å². The highest BCUT2D eigenvalue weighted by Crippen LogP contribution is 2.29. The minimum Gasteiger partial charge on any atom is -0.382 e. The lowest BCUT2D eigenvalue weighted by atomic mass is 10.1. The molecule has 1 heterocycles. The maximum Gasteiger partial charge on any atom is 0.122 e. The second-order valence-electron chi connectivity index (χ2n) is 4.57. The molecule has 0 fully saturated rings. The Bertz CT molecular complexity index is 758. The number of halogens is 2. The fraction of sp³-hybridized carbons (Fsp3) is 0.0625. The molecule has 0 aliphatic rings. The van der Waals surface area contributed by atoms with Crippen LogP contribution in [-0.4, -0.2) is 14.9 Å². The van der Waals surface area contributed by atoms with Crippen LogP contribution in [0.5, 0.6) is 0 Å². The summed E-state index contributed by atoms with van der Waals surface area (Å²) in [6.07, 6.45) is 0.904. The Labute approximate surface area is 141 Å². The van der Waals surface area contributed by atoms with Gasteiger partial charge in [-0.15, -0.1) is 0 Å². The number of nitrogens with zero attached hydrogens (tertiary/aromatic N) is 2. The molecular formula is C16H12ClIN2O. The van der Waals surface area contributed by atoms with Crippen molar-refractivity contribution in [1.29, 1.82) is 0 Å². The van der Waals surface area contributed by atoms with E-state index in [9.17, 15) is 5.11 Å². The van der Waals surface area contributed by atoms with Crippen LogP contribution < -0.4 is 0 Å². The molecule has 1 aromatic heterocycles. The van der Waals surface area contributed by atoms with Crippen LogP contribution in [0.4, 0.5) is 0 Å². The molecule has 2 aromatic carbocycles. The first-order valence-corrected chi connectivity index (χ1v) is 7.85. The van der Waals surface area contributed by atoms with Gasteiger partial charge >= 0.3 is 0 Å². The number of rotatable bonds is 3. The number of aliphatic hydroxyl groups excluding tert-OH is 1. The monoisotopic (exact) mass is 410 g/mol. The molecule has 0 bridgehead atoms. The Morgan fingerprint density at radius 3 is 2.62 bits per heavy atom. The Hall–Kier alpha value is -1.37. The SMILES string of the molecule is OC(c1cc(Cl)ccc1I)c1ccnn1-c1ccccc1. The normalized spacial score (nSPS) is 12.3. The van der Waals surface area contributed by atoms with Gasteiger partial charge in [0.05, 0.1) is 11.4 Å². The first-order chi connectivity index (χ1) is 10.2. The Morgan fingerprint density at radius 1 is 1.10 bits per heavy atom. The molecule has 1 unspecified atom stereocenters. The van der Waals surface area contributed by atoms with E-state index in [1.807, 2.05) is 48.5 Å². The summed E-state index contributed by atoms with van der Waals surface area (Å²) in [5.41, 5.74) is 2.40. The van der Waals surface area contributed by atoms with E-state index in [4.69, 9.17) is 11.6 Å². The highest BCUT2D eigenvalue weighted by atomic mass is 127. The number of hydrogen-bond donors (Lipinski definition) is 1. The van der Waals surface area contributed by atoms with E-state index in [2.05, 4.69) is 27.7 Å². The average molecular weight is 411 g/mol. The molecule has 0 saturated heterocycles. The molecule has 106 valence electrons. The molecule has 0 aliphatic carbocycles. The van der Waals surface area contributed by atoms with Crippen molar-refractivity contribution in [2.45, 2.75) is 6.10 Å². The third kappa shape index (κ3) is 2.97. The maximum absolute atomic E-state index is 10.7. The zero-order chi connectivity index (χ0) is 14.8. The van der Waals surface area contributed by atoms with Gasteiger partial charge in [-0.3, -0.25) is 0 Å². The summed E-state index contributed by atoms with van der Waals surface area (Å²) < 4.78 is 2.70. The van der Waals surface area contributed by atoms with Gasteiger partial charge in [0.1, 0.15) is 6.10 Å². The molecule has 3 rings (SSSR count). The third-order valence-electron chi connectivity index (χ3n) is 3.21. The van der Waals surface area contributed by atoms with Crippen molar-refractivity contribution in [2.24, 2.45) is 0 Å². The van der Waals surface area contributed by atoms with Crippen molar-refractivity contribution in [3.05, 3.63) is 80.6 Å². The van der Waals surface area contributed by atoms with Crippen LogP contribution in [0.15, 0.2) is 60.8 Å². The lowest BCUT2D eigenvalue weighted by Crippen LogP contribution is -2.09. The fourth-order valence-corrected chi connectivity index (χ4v) is 3.00. The molecule has 21 heavy (non-hydrogen) atoms. The van der Waals surface area contributed by atoms with Gasteiger partial charge in [0.15, 0.2) is 0 Å². The van der Waals surface area contributed by atoms with Gasteiger partial charge < -0.3 is 5.11 Å². The van der Waals surface area contributed by atoms with Gasteiger partial charge in [0.2, 0.25) is 0 Å². The zero-order valence-electron chi connectivity index (χ0n) is 10.9. The largest absolute Gasteiger partial charge is 0.382 e. The summed E-state index contributed by atoms with van der Waals surface area (Å²) in [4.78, 5) is 0. The number of aromatic nitrogens is 2. The number of hydrogen-bond acceptors (Lipinski definition) is 2. The van der Waals surface area contributed by atoms with Gasteiger partial charge in [-0.1, -0.05) is 29.8 Å². The Balaban J connectivity index is 2.06. The average Bonchev–Trinajstić information content (AvgIpc) is 2.99. The van der Waals surface area contributed by atoms with Crippen LogP contribution in [-0.2, 0) is 0 Å². The fourth-order valence-electron chi connectivity index (χ4n) is 2.19. The van der Waals surface area contributed by atoms with Crippen molar-refractivity contribution >= 4 is 34.2 Å². The van der Waals surface area contributed by atoms with Gasteiger partial charge in [-0.2, -0.15) is 5.10 Å². The molecule has 3 aromatic rings. The smallest absolute Gasteiger partial charge is 0.122 e. The molecule has 5 heteroatoms. The van der Waals surface area contributed by atoms with Gasteiger partial charge in [-0.05, 0) is 59.0 Å². The summed E-state index contributed by atoms with van der Waals surface area (Å²) in [5, 5.41) is 15.6. The van der Waals surface area contributed by atoms with E-state index in [1.54, 1.807) is 16.9 Å². The van der Waals surface area contributed by atoms with E-state index in [0.29, 0.717) is 10.7 Å². The highest BCUT2D eigenvalue weighted by Gasteiger charge is 2.19. The quantitative estimate of drug-likeness (QED) is 0.657.